The number of benzene rings is 2. The van der Waals surface area contributed by atoms with Crippen molar-refractivity contribution >= 4 is 34.5 Å². The molecule has 0 fully saturated rings. The van der Waals surface area contributed by atoms with Gasteiger partial charge in [0.1, 0.15) is 5.82 Å². The summed E-state index contributed by atoms with van der Waals surface area (Å²) in [5.41, 5.74) is 1.86. The van der Waals surface area contributed by atoms with E-state index in [2.05, 4.69) is 10.6 Å². The molecule has 2 rings (SSSR count). The van der Waals surface area contributed by atoms with E-state index in [1.165, 1.54) is 19.1 Å². The van der Waals surface area contributed by atoms with Gasteiger partial charge in [0.25, 0.3) is 0 Å². The average molecular weight is 288 g/mol. The molecule has 2 aromatic rings. The van der Waals surface area contributed by atoms with Crippen LogP contribution in [0, 0.1) is 5.82 Å². The number of thiocarbonyl (C=S) groups is 1. The number of hydrogen-bond donors (Lipinski definition) is 2. The Morgan fingerprint density at radius 1 is 1.05 bits per heavy atom. The number of carbonyl (C=O) groups excluding carboxylic acids is 1. The van der Waals surface area contributed by atoms with Crippen LogP contribution in [0.2, 0.25) is 0 Å². The monoisotopic (exact) mass is 288 g/mol. The van der Waals surface area contributed by atoms with Crippen molar-refractivity contribution in [2.45, 2.75) is 6.92 Å². The summed E-state index contributed by atoms with van der Waals surface area (Å²) < 4.78 is 13.0. The summed E-state index contributed by atoms with van der Waals surface area (Å²) in [5, 5.41) is 6.16. The maximum atomic E-state index is 13.0. The topological polar surface area (TPSA) is 41.1 Å². The zero-order valence-electron chi connectivity index (χ0n) is 10.8. The van der Waals surface area contributed by atoms with Crippen LogP contribution in [0.15, 0.2) is 48.5 Å². The van der Waals surface area contributed by atoms with E-state index in [4.69, 9.17) is 12.2 Å². The number of carbonyl (C=O) groups is 1. The Morgan fingerprint density at radius 3 is 2.25 bits per heavy atom. The molecule has 0 aliphatic heterocycles. The highest BCUT2D eigenvalue weighted by Crippen LogP contribution is 2.13. The quantitative estimate of drug-likeness (QED) is 0.665. The van der Waals surface area contributed by atoms with E-state index < -0.39 is 0 Å². The lowest BCUT2D eigenvalue weighted by molar-refractivity contribution is 0.101. The van der Waals surface area contributed by atoms with Gasteiger partial charge in [0.15, 0.2) is 10.9 Å². The Morgan fingerprint density at radius 2 is 1.65 bits per heavy atom. The van der Waals surface area contributed by atoms with Crippen molar-refractivity contribution in [2.24, 2.45) is 0 Å². The third-order valence-electron chi connectivity index (χ3n) is 2.61. The third-order valence-corrected chi connectivity index (χ3v) is 2.81. The minimum Gasteiger partial charge on any atom is -0.332 e. The smallest absolute Gasteiger partial charge is 0.175 e. The lowest BCUT2D eigenvalue weighted by Gasteiger charge is -2.11. The second-order valence-corrected chi connectivity index (χ2v) is 4.63. The maximum Gasteiger partial charge on any atom is 0.175 e. The van der Waals surface area contributed by atoms with E-state index in [9.17, 15) is 9.18 Å². The second kappa shape index (κ2) is 6.25. The molecule has 0 bridgehead atoms. The van der Waals surface area contributed by atoms with Crippen molar-refractivity contribution in [3.05, 3.63) is 59.9 Å². The molecule has 0 saturated heterocycles. The van der Waals surface area contributed by atoms with Gasteiger partial charge in [0.05, 0.1) is 0 Å². The van der Waals surface area contributed by atoms with Crippen LogP contribution in [0.5, 0.6) is 0 Å². The molecule has 2 aromatic carbocycles. The predicted molar refractivity (Wildman–Crippen MR) is 82.7 cm³/mol. The van der Waals surface area contributed by atoms with Gasteiger partial charge in [-0.1, -0.05) is 18.2 Å². The Hall–Kier alpha value is -2.27. The van der Waals surface area contributed by atoms with Crippen molar-refractivity contribution in [3.63, 3.8) is 0 Å². The Bertz CT molecular complexity index is 658. The molecule has 0 heterocycles. The molecular weight excluding hydrogens is 275 g/mol. The van der Waals surface area contributed by atoms with Gasteiger partial charge in [-0.3, -0.25) is 4.79 Å². The molecule has 0 atom stereocenters. The van der Waals surface area contributed by atoms with Crippen LogP contribution < -0.4 is 10.6 Å². The van der Waals surface area contributed by atoms with Crippen molar-refractivity contribution < 1.29 is 9.18 Å². The summed E-state index contributed by atoms with van der Waals surface area (Å²) in [4.78, 5) is 11.3. The fourth-order valence-corrected chi connectivity index (χ4v) is 1.91. The van der Waals surface area contributed by atoms with Crippen molar-refractivity contribution in [1.82, 2.24) is 0 Å². The Labute approximate surface area is 121 Å². The summed E-state index contributed by atoms with van der Waals surface area (Å²) in [6.45, 7) is 1.50. The standard InChI is InChI=1S/C15H13FN2OS/c1-10(19)11-4-2-6-13(8-11)17-15(20)18-14-7-3-5-12(16)9-14/h2-9H,1H3,(H2,17,18,20). The van der Waals surface area contributed by atoms with Crippen LogP contribution in [0.1, 0.15) is 17.3 Å². The average Bonchev–Trinajstić information content (AvgIpc) is 2.38. The first-order valence-corrected chi connectivity index (χ1v) is 6.40. The number of ketones is 1. The first-order chi connectivity index (χ1) is 9.54. The molecule has 0 spiro atoms. The Kier molecular flexibility index (Phi) is 4.42. The summed E-state index contributed by atoms with van der Waals surface area (Å²) in [6, 6.07) is 13.0. The van der Waals surface area contributed by atoms with Crippen molar-refractivity contribution in [1.29, 1.82) is 0 Å². The van der Waals surface area contributed by atoms with E-state index in [1.54, 1.807) is 36.4 Å². The van der Waals surface area contributed by atoms with Gasteiger partial charge >= 0.3 is 0 Å². The molecule has 0 aromatic heterocycles. The summed E-state index contributed by atoms with van der Waals surface area (Å²) in [5.74, 6) is -0.353. The number of rotatable bonds is 3. The number of hydrogen-bond acceptors (Lipinski definition) is 2. The van der Waals surface area contributed by atoms with Gasteiger partial charge in [-0.15, -0.1) is 0 Å². The zero-order chi connectivity index (χ0) is 14.5. The minimum atomic E-state index is -0.337. The fraction of sp³-hybridized carbons (Fsp3) is 0.0667. The molecule has 0 saturated carbocycles. The van der Waals surface area contributed by atoms with Gasteiger partial charge in [-0.05, 0) is 49.5 Å². The summed E-state index contributed by atoms with van der Waals surface area (Å²) in [7, 11) is 0. The molecule has 2 N–H and O–H groups in total. The van der Waals surface area contributed by atoms with Crippen LogP contribution in [0.4, 0.5) is 15.8 Å². The SMILES string of the molecule is CC(=O)c1cccc(NC(=S)Nc2cccc(F)c2)c1. The number of halogens is 1. The molecule has 3 nitrogen and oxygen atoms in total. The largest absolute Gasteiger partial charge is 0.332 e. The van der Waals surface area contributed by atoms with Gasteiger partial charge in [-0.2, -0.15) is 0 Å². The highest BCUT2D eigenvalue weighted by Gasteiger charge is 2.03. The molecule has 102 valence electrons. The molecule has 0 aliphatic rings. The van der Waals surface area contributed by atoms with E-state index in [0.29, 0.717) is 22.1 Å². The fourth-order valence-electron chi connectivity index (χ4n) is 1.68. The van der Waals surface area contributed by atoms with E-state index in [0.717, 1.165) is 0 Å². The van der Waals surface area contributed by atoms with Gasteiger partial charge in [0.2, 0.25) is 0 Å². The van der Waals surface area contributed by atoms with Crippen LogP contribution in [0.25, 0.3) is 0 Å². The number of anilines is 2. The summed E-state index contributed by atoms with van der Waals surface area (Å²) in [6.07, 6.45) is 0. The first-order valence-electron chi connectivity index (χ1n) is 5.99. The summed E-state index contributed by atoms with van der Waals surface area (Å²) >= 11 is 5.14. The van der Waals surface area contributed by atoms with Crippen molar-refractivity contribution in [3.8, 4) is 0 Å². The molecule has 0 amide bonds. The predicted octanol–water partition coefficient (Wildman–Crippen LogP) is 3.84. The number of nitrogens with one attached hydrogen (secondary N) is 2. The van der Waals surface area contributed by atoms with Crippen LogP contribution >= 0.6 is 12.2 Å². The molecular formula is C15H13FN2OS. The van der Waals surface area contributed by atoms with E-state index in [1.807, 2.05) is 0 Å². The first kappa shape index (κ1) is 14.1. The maximum absolute atomic E-state index is 13.0. The van der Waals surface area contributed by atoms with E-state index >= 15 is 0 Å². The molecule has 0 unspecified atom stereocenters. The van der Waals surface area contributed by atoms with Gasteiger partial charge < -0.3 is 10.6 Å². The highest BCUT2D eigenvalue weighted by molar-refractivity contribution is 7.80. The van der Waals surface area contributed by atoms with Crippen LogP contribution in [-0.2, 0) is 0 Å². The van der Waals surface area contributed by atoms with Gasteiger partial charge in [0, 0.05) is 16.9 Å². The van der Waals surface area contributed by atoms with Crippen LogP contribution in [-0.4, -0.2) is 10.9 Å². The molecule has 0 radical (unpaired) electrons. The van der Waals surface area contributed by atoms with Crippen LogP contribution in [0.3, 0.4) is 0 Å². The third kappa shape index (κ3) is 3.86. The second-order valence-electron chi connectivity index (χ2n) is 4.23. The van der Waals surface area contributed by atoms with Crippen molar-refractivity contribution in [2.75, 3.05) is 10.6 Å². The van der Waals surface area contributed by atoms with Gasteiger partial charge in [-0.25, -0.2) is 4.39 Å². The Balaban J connectivity index is 2.04. The molecule has 5 heteroatoms. The highest BCUT2D eigenvalue weighted by atomic mass is 32.1. The number of Topliss-reactive ketones (excluding diaryl/α,β-unsaturated/α-hetero) is 1. The molecule has 20 heavy (non-hydrogen) atoms. The van der Waals surface area contributed by atoms with E-state index in [-0.39, 0.29) is 11.6 Å². The zero-order valence-corrected chi connectivity index (χ0v) is 11.6. The normalized spacial score (nSPS) is 9.90. The molecule has 0 aliphatic carbocycles. The lowest BCUT2D eigenvalue weighted by atomic mass is 10.1. The lowest BCUT2D eigenvalue weighted by Crippen LogP contribution is -2.19. The minimum absolute atomic E-state index is 0.0161.